The lowest BCUT2D eigenvalue weighted by molar-refractivity contribution is -0.170. The Kier molecular flexibility index (Phi) is 9.36. The Hall–Kier alpha value is -4.10. The number of amides is 2. The van der Waals surface area contributed by atoms with Crippen LogP contribution in [0.2, 0.25) is 5.82 Å². The van der Waals surface area contributed by atoms with E-state index in [4.69, 9.17) is 9.31 Å². The SMILES string of the molecule is CC(C)C[C@H](CC(=O)[C@@H](NC(=O)c1cccc(-c2ccccc2)n1)[C@@H](C)O)[B-]12OC(=O)[C@](CC(=O)N(C)C)(CC(=O)[OH+]1)O2. The molecule has 0 radical (unpaired) electrons. The van der Waals surface area contributed by atoms with Crippen molar-refractivity contribution in [2.45, 2.75) is 70.0 Å². The van der Waals surface area contributed by atoms with Gasteiger partial charge in [-0.3, -0.25) is 19.2 Å². The maximum Gasteiger partial charge on any atom is 0.576 e. The number of hydrogen-bond donors (Lipinski definition) is 2. The highest BCUT2D eigenvalue weighted by Crippen LogP contribution is 2.47. The Bertz CT molecular complexity index is 1400. The minimum Gasteiger partial charge on any atom is -0.718 e. The summed E-state index contributed by atoms with van der Waals surface area (Å²) in [6.45, 7) is 2.16. The molecule has 2 bridgehead atoms. The molecule has 2 aliphatic heterocycles. The largest absolute Gasteiger partial charge is 0.718 e. The summed E-state index contributed by atoms with van der Waals surface area (Å²) in [6, 6.07) is 12.9. The first-order valence-electron chi connectivity index (χ1n) is 14.3. The number of nitrogens with one attached hydrogen (secondary N) is 1. The number of carboxylic acids is 1. The Morgan fingerprint density at radius 3 is 2.42 bits per heavy atom. The van der Waals surface area contributed by atoms with Gasteiger partial charge in [-0.2, -0.15) is 0 Å². The Balaban J connectivity index is 1.57. The van der Waals surface area contributed by atoms with Crippen molar-refractivity contribution < 1.29 is 43.0 Å². The van der Waals surface area contributed by atoms with Gasteiger partial charge in [-0.1, -0.05) is 56.7 Å². The number of aliphatic hydroxyl groups is 1. The molecule has 2 aromatic rings. The summed E-state index contributed by atoms with van der Waals surface area (Å²) in [4.78, 5) is 71.1. The average Bonchev–Trinajstić information content (AvgIpc) is 3.15. The van der Waals surface area contributed by atoms with Gasteiger partial charge >= 0.3 is 12.7 Å². The topological polar surface area (TPSA) is 165 Å². The molecule has 4 rings (SSSR count). The Morgan fingerprint density at radius 2 is 1.79 bits per heavy atom. The van der Waals surface area contributed by atoms with E-state index >= 15 is 0 Å². The number of hydrogen-bond acceptors (Lipinski definition) is 9. The number of carbonyl (C=O) groups is 5. The molecule has 2 aliphatic rings. The molecule has 0 spiro atoms. The summed E-state index contributed by atoms with van der Waals surface area (Å²) in [7, 11) is 3.04. The third kappa shape index (κ3) is 6.94. The van der Waals surface area contributed by atoms with Gasteiger partial charge in [-0.05, 0) is 37.2 Å². The molecule has 43 heavy (non-hydrogen) atoms. The Morgan fingerprint density at radius 1 is 1.09 bits per heavy atom. The van der Waals surface area contributed by atoms with Crippen LogP contribution in [0.25, 0.3) is 11.3 Å². The molecule has 2 saturated heterocycles. The van der Waals surface area contributed by atoms with Crippen LogP contribution in [-0.2, 0) is 28.5 Å². The third-order valence-electron chi connectivity index (χ3n) is 7.74. The molecule has 3 N–H and O–H groups in total. The lowest BCUT2D eigenvalue weighted by Crippen LogP contribution is -2.59. The molecular weight excluding hydrogens is 557 g/mol. The number of carbonyl (C=O) groups excluding carboxylic acids is 4. The van der Waals surface area contributed by atoms with Crippen LogP contribution in [0.15, 0.2) is 48.5 Å². The molecule has 1 aromatic carbocycles. The van der Waals surface area contributed by atoms with Crippen molar-refractivity contribution in [1.29, 1.82) is 0 Å². The van der Waals surface area contributed by atoms with Crippen LogP contribution in [0.5, 0.6) is 0 Å². The van der Waals surface area contributed by atoms with Gasteiger partial charge in [0.1, 0.15) is 18.2 Å². The fourth-order valence-corrected chi connectivity index (χ4v) is 5.60. The van der Waals surface area contributed by atoms with Crippen LogP contribution < -0.4 is 5.32 Å². The molecule has 1 unspecified atom stereocenters. The summed E-state index contributed by atoms with van der Waals surface area (Å²) < 4.78 is 15.9. The first-order valence-corrected chi connectivity index (χ1v) is 14.3. The number of aromatic nitrogens is 1. The molecule has 5 atom stereocenters. The van der Waals surface area contributed by atoms with Crippen LogP contribution >= 0.6 is 0 Å². The first kappa shape index (κ1) is 31.8. The summed E-state index contributed by atoms with van der Waals surface area (Å²) in [5.74, 6) is -4.11. The van der Waals surface area contributed by atoms with E-state index in [9.17, 15) is 29.1 Å². The van der Waals surface area contributed by atoms with E-state index in [1.165, 1.54) is 32.0 Å². The van der Waals surface area contributed by atoms with Crippen LogP contribution in [0.1, 0.15) is 56.9 Å². The number of ketones is 1. The van der Waals surface area contributed by atoms with E-state index in [0.29, 0.717) is 5.69 Å². The van der Waals surface area contributed by atoms with Crippen LogP contribution in [0, 0.1) is 5.92 Å². The summed E-state index contributed by atoms with van der Waals surface area (Å²) in [5, 5.41) is 13.1. The van der Waals surface area contributed by atoms with Gasteiger partial charge in [0.05, 0.1) is 18.2 Å². The number of rotatable bonds is 12. The smallest absolute Gasteiger partial charge is 0.576 e. The second kappa shape index (κ2) is 12.6. The van der Waals surface area contributed by atoms with Crippen molar-refractivity contribution in [2.75, 3.05) is 14.1 Å². The zero-order valence-electron chi connectivity index (χ0n) is 25.0. The Labute approximate surface area is 250 Å². The van der Waals surface area contributed by atoms with E-state index in [1.54, 1.807) is 12.1 Å². The summed E-state index contributed by atoms with van der Waals surface area (Å²) >= 11 is 0. The fourth-order valence-electron chi connectivity index (χ4n) is 5.60. The number of benzene rings is 1. The second-order valence-corrected chi connectivity index (χ2v) is 11.9. The van der Waals surface area contributed by atoms with Crippen molar-refractivity contribution in [3.63, 3.8) is 0 Å². The van der Waals surface area contributed by atoms with E-state index in [2.05, 4.69) is 15.0 Å². The van der Waals surface area contributed by atoms with Gasteiger partial charge in [-0.15, -0.1) is 0 Å². The van der Waals surface area contributed by atoms with E-state index in [1.807, 2.05) is 44.2 Å². The van der Waals surface area contributed by atoms with Gasteiger partial charge in [0, 0.05) is 24.5 Å². The van der Waals surface area contributed by atoms with Gasteiger partial charge < -0.3 is 29.3 Å². The molecule has 1 aromatic heterocycles. The number of fused-ring (bicyclic) bond motifs is 2. The van der Waals surface area contributed by atoms with Gasteiger partial charge in [0.2, 0.25) is 5.91 Å². The van der Waals surface area contributed by atoms with Gasteiger partial charge in [0.15, 0.2) is 11.4 Å². The van der Waals surface area contributed by atoms with E-state index in [-0.39, 0.29) is 24.5 Å². The molecule has 0 saturated carbocycles. The minimum absolute atomic E-state index is 0.0356. The second-order valence-electron chi connectivity index (χ2n) is 11.9. The lowest BCUT2D eigenvalue weighted by Gasteiger charge is -2.43. The predicted octanol–water partition coefficient (Wildman–Crippen LogP) is 1.79. The normalized spacial score (nSPS) is 23.1. The van der Waals surface area contributed by atoms with Crippen LogP contribution in [0.3, 0.4) is 0 Å². The number of aliphatic carboxylic acids is 1. The standard InChI is InChI=1S/C30H38BN3O9/c1-18(2)14-21(31-41-26(38)17-30(43-31,29(40)42-31)16-25(37)34(4)5)15-24(36)27(19(3)35)33-28(39)23-13-9-12-22(32-23)20-10-7-6-8-11-20/h6-13,18-19,21,27,35,41H,14-17H2,1-5H3,(H,33,39)/t19-,21-,27+,30+,31?/m1/s1. The molecule has 2 amide bonds. The quantitative estimate of drug-likeness (QED) is 0.275. The molecule has 0 aliphatic carbocycles. The summed E-state index contributed by atoms with van der Waals surface area (Å²) in [5.41, 5.74) is -0.408. The van der Waals surface area contributed by atoms with E-state index < -0.39 is 72.7 Å². The third-order valence-corrected chi connectivity index (χ3v) is 7.74. The van der Waals surface area contributed by atoms with Crippen molar-refractivity contribution >= 4 is 36.3 Å². The van der Waals surface area contributed by atoms with Crippen LogP contribution in [0.4, 0.5) is 0 Å². The summed E-state index contributed by atoms with van der Waals surface area (Å²) in [6.07, 6.45) is -2.19. The highest BCUT2D eigenvalue weighted by atomic mass is 16.8. The van der Waals surface area contributed by atoms with Crippen molar-refractivity contribution in [3.8, 4) is 11.3 Å². The number of nitrogens with zero attached hydrogens (tertiary/aromatic N) is 2. The maximum atomic E-state index is 13.7. The minimum atomic E-state index is -2.98. The first-order chi connectivity index (χ1) is 20.2. The molecule has 3 heterocycles. The zero-order valence-corrected chi connectivity index (χ0v) is 25.0. The van der Waals surface area contributed by atoms with Crippen LogP contribution in [-0.4, -0.2) is 87.8 Å². The van der Waals surface area contributed by atoms with Crippen molar-refractivity contribution in [1.82, 2.24) is 15.2 Å². The number of pyridine rings is 1. The average molecular weight is 595 g/mol. The molecule has 2 fully saturated rings. The number of Topliss-reactive ketones (excluding diaryl/α,β-unsaturated/α-hetero) is 1. The van der Waals surface area contributed by atoms with Crippen molar-refractivity contribution in [2.24, 2.45) is 5.92 Å². The molecule has 12 nitrogen and oxygen atoms in total. The molecule has 230 valence electrons. The van der Waals surface area contributed by atoms with Gasteiger partial charge in [0.25, 0.3) is 11.9 Å². The van der Waals surface area contributed by atoms with E-state index in [0.717, 1.165) is 5.56 Å². The van der Waals surface area contributed by atoms with Gasteiger partial charge in [-0.25, -0.2) is 4.98 Å². The highest BCUT2D eigenvalue weighted by Gasteiger charge is 2.68. The number of aliphatic hydroxyl groups excluding tert-OH is 1. The fraction of sp³-hybridized carbons (Fsp3) is 0.467. The molecule has 13 heteroatoms. The maximum absolute atomic E-state index is 13.7. The lowest BCUT2D eigenvalue weighted by atomic mass is 9.57. The zero-order chi connectivity index (χ0) is 31.5. The highest BCUT2D eigenvalue weighted by molar-refractivity contribution is 6.67. The predicted molar refractivity (Wildman–Crippen MR) is 156 cm³/mol. The molecular formula is C30H38BN3O9. The monoisotopic (exact) mass is 595 g/mol. The van der Waals surface area contributed by atoms with Crippen molar-refractivity contribution in [3.05, 3.63) is 54.2 Å².